The van der Waals surface area contributed by atoms with Gasteiger partial charge in [-0.2, -0.15) is 8.78 Å². The maximum atomic E-state index is 14.6. The molecule has 218 valence electrons. The van der Waals surface area contributed by atoms with Crippen molar-refractivity contribution in [2.24, 2.45) is 0 Å². The third kappa shape index (κ3) is 6.94. The topological polar surface area (TPSA) is 65.1 Å². The first-order valence-corrected chi connectivity index (χ1v) is 14.5. The van der Waals surface area contributed by atoms with Gasteiger partial charge in [0.1, 0.15) is 23.4 Å². The molecule has 1 heterocycles. The molecule has 0 N–H and O–H groups in total. The SMILES string of the molecule is C=C(CC[C@H]1CN(S(=O)(=O)c2cccc(OC(F)F)c2)c2cc(/C=C(\C)c3c(F)cccc3Cl)c(Cl)cc2O1)OC. The van der Waals surface area contributed by atoms with Crippen LogP contribution < -0.4 is 13.8 Å². The van der Waals surface area contributed by atoms with Crippen LogP contribution in [0.2, 0.25) is 10.0 Å². The summed E-state index contributed by atoms with van der Waals surface area (Å²) in [6.07, 6.45) is 1.75. The second-order valence-electron chi connectivity index (χ2n) is 9.18. The molecule has 0 bridgehead atoms. The minimum atomic E-state index is -4.30. The Balaban J connectivity index is 1.81. The zero-order chi connectivity index (χ0) is 29.9. The molecule has 0 amide bonds. The summed E-state index contributed by atoms with van der Waals surface area (Å²) >= 11 is 12.8. The van der Waals surface area contributed by atoms with E-state index in [2.05, 4.69) is 11.3 Å². The number of benzene rings is 3. The zero-order valence-electron chi connectivity index (χ0n) is 22.0. The van der Waals surface area contributed by atoms with Crippen molar-refractivity contribution in [3.05, 3.63) is 93.9 Å². The van der Waals surface area contributed by atoms with E-state index in [0.717, 1.165) is 10.4 Å². The highest BCUT2D eigenvalue weighted by molar-refractivity contribution is 7.92. The van der Waals surface area contributed by atoms with E-state index in [0.29, 0.717) is 29.7 Å². The van der Waals surface area contributed by atoms with Gasteiger partial charge in [-0.1, -0.05) is 41.9 Å². The van der Waals surface area contributed by atoms with Gasteiger partial charge in [0.15, 0.2) is 0 Å². The molecule has 1 aliphatic heterocycles. The fourth-order valence-corrected chi connectivity index (χ4v) is 6.43. The molecule has 0 aromatic heterocycles. The van der Waals surface area contributed by atoms with Crippen molar-refractivity contribution in [2.75, 3.05) is 18.0 Å². The number of halogens is 5. The van der Waals surface area contributed by atoms with Crippen LogP contribution in [0.1, 0.15) is 30.9 Å². The van der Waals surface area contributed by atoms with Gasteiger partial charge < -0.3 is 14.2 Å². The van der Waals surface area contributed by atoms with Gasteiger partial charge in [-0.05, 0) is 60.9 Å². The van der Waals surface area contributed by atoms with Crippen molar-refractivity contribution in [3.8, 4) is 11.5 Å². The van der Waals surface area contributed by atoms with Crippen LogP contribution in [0.4, 0.5) is 18.9 Å². The molecule has 12 heteroatoms. The highest BCUT2D eigenvalue weighted by Gasteiger charge is 2.35. The summed E-state index contributed by atoms with van der Waals surface area (Å²) in [6, 6.07) is 12.2. The maximum absolute atomic E-state index is 14.6. The fourth-order valence-electron chi connectivity index (χ4n) is 4.38. The van der Waals surface area contributed by atoms with Crippen LogP contribution in [-0.4, -0.2) is 34.8 Å². The molecule has 0 fully saturated rings. The van der Waals surface area contributed by atoms with Crippen LogP contribution in [0.25, 0.3) is 11.6 Å². The third-order valence-corrected chi connectivity index (χ3v) is 8.81. The van der Waals surface area contributed by atoms with Crippen LogP contribution >= 0.6 is 23.2 Å². The van der Waals surface area contributed by atoms with E-state index in [4.69, 9.17) is 32.7 Å². The third-order valence-electron chi connectivity index (χ3n) is 6.39. The molecule has 1 aliphatic rings. The van der Waals surface area contributed by atoms with Crippen molar-refractivity contribution in [2.45, 2.75) is 37.4 Å². The van der Waals surface area contributed by atoms with Crippen LogP contribution in [0.5, 0.6) is 11.5 Å². The van der Waals surface area contributed by atoms with Crippen molar-refractivity contribution < 1.29 is 35.8 Å². The lowest BCUT2D eigenvalue weighted by atomic mass is 10.0. The Morgan fingerprint density at radius 1 is 1.17 bits per heavy atom. The van der Waals surface area contributed by atoms with E-state index < -0.39 is 28.6 Å². The van der Waals surface area contributed by atoms with E-state index in [-0.39, 0.29) is 44.2 Å². The fraction of sp³-hybridized carbons (Fsp3) is 0.241. The number of hydrogen-bond acceptors (Lipinski definition) is 5. The summed E-state index contributed by atoms with van der Waals surface area (Å²) in [5.74, 6) is -0.151. The van der Waals surface area contributed by atoms with Gasteiger partial charge in [0.05, 0.1) is 40.0 Å². The Bertz CT molecular complexity index is 1580. The first-order valence-electron chi connectivity index (χ1n) is 12.3. The second-order valence-corrected chi connectivity index (χ2v) is 11.9. The average Bonchev–Trinajstić information content (AvgIpc) is 2.91. The normalized spacial score (nSPS) is 15.4. The number of fused-ring (bicyclic) bond motifs is 1. The molecule has 0 aliphatic carbocycles. The van der Waals surface area contributed by atoms with Gasteiger partial charge >= 0.3 is 6.61 Å². The molecule has 0 saturated heterocycles. The highest BCUT2D eigenvalue weighted by atomic mass is 35.5. The molecule has 0 spiro atoms. The minimum absolute atomic E-state index is 0.102. The molecule has 0 saturated carbocycles. The Hall–Kier alpha value is -3.34. The summed E-state index contributed by atoms with van der Waals surface area (Å²) in [5, 5.41) is 0.425. The number of allylic oxidation sites excluding steroid dienone is 2. The van der Waals surface area contributed by atoms with Crippen molar-refractivity contribution in [3.63, 3.8) is 0 Å². The second kappa shape index (κ2) is 12.7. The molecule has 3 aromatic carbocycles. The van der Waals surface area contributed by atoms with Crippen LogP contribution in [0.3, 0.4) is 0 Å². The minimum Gasteiger partial charge on any atom is -0.502 e. The van der Waals surface area contributed by atoms with Gasteiger partial charge in [-0.25, -0.2) is 12.8 Å². The summed E-state index contributed by atoms with van der Waals surface area (Å²) in [7, 11) is -2.82. The number of methoxy groups -OCH3 is 1. The molecule has 0 radical (unpaired) electrons. The Morgan fingerprint density at radius 3 is 2.59 bits per heavy atom. The number of nitrogens with zero attached hydrogens (tertiary/aromatic N) is 1. The van der Waals surface area contributed by atoms with E-state index in [9.17, 15) is 21.6 Å². The first kappa shape index (κ1) is 30.6. The van der Waals surface area contributed by atoms with E-state index >= 15 is 0 Å². The molecule has 1 atom stereocenters. The van der Waals surface area contributed by atoms with Crippen LogP contribution in [-0.2, 0) is 14.8 Å². The van der Waals surface area contributed by atoms with Crippen molar-refractivity contribution >= 4 is 50.6 Å². The quantitative estimate of drug-likeness (QED) is 0.167. The number of sulfonamides is 1. The highest BCUT2D eigenvalue weighted by Crippen LogP contribution is 2.42. The zero-order valence-corrected chi connectivity index (χ0v) is 24.4. The Morgan fingerprint density at radius 2 is 1.90 bits per heavy atom. The predicted octanol–water partition coefficient (Wildman–Crippen LogP) is 8.19. The summed E-state index contributed by atoms with van der Waals surface area (Å²) in [4.78, 5) is -0.259. The van der Waals surface area contributed by atoms with Gasteiger partial charge in [-0.15, -0.1) is 0 Å². The summed E-state index contributed by atoms with van der Waals surface area (Å²) in [5.41, 5.74) is 1.17. The number of ether oxygens (including phenoxy) is 3. The number of anilines is 1. The molecule has 4 rings (SSSR count). The maximum Gasteiger partial charge on any atom is 0.387 e. The molecule has 0 unspecified atom stereocenters. The van der Waals surface area contributed by atoms with Crippen molar-refractivity contribution in [1.29, 1.82) is 0 Å². The molecular weight excluding hydrogens is 602 g/mol. The Labute approximate surface area is 246 Å². The van der Waals surface area contributed by atoms with Crippen LogP contribution in [0, 0.1) is 5.82 Å². The standard InChI is InChI=1S/C29H26Cl2F3NO5S/c1-17(28-23(30)8-5-9-25(28)32)12-19-13-26-27(15-24(19)31)39-21(11-10-18(2)38-3)16-35(26)41(36,37)22-7-4-6-20(14-22)40-29(33)34/h4-9,12-15,21,29H,2,10-11,16H2,1,3H3/b17-12+/t21-/m0/s1. The monoisotopic (exact) mass is 627 g/mol. The largest absolute Gasteiger partial charge is 0.502 e. The van der Waals surface area contributed by atoms with Gasteiger partial charge in [-0.3, -0.25) is 4.31 Å². The number of hydrogen-bond donors (Lipinski definition) is 0. The van der Waals surface area contributed by atoms with Crippen molar-refractivity contribution in [1.82, 2.24) is 0 Å². The van der Waals surface area contributed by atoms with E-state index in [1.807, 2.05) is 0 Å². The lowest BCUT2D eigenvalue weighted by Crippen LogP contribution is -2.43. The first-order chi connectivity index (χ1) is 19.4. The summed E-state index contributed by atoms with van der Waals surface area (Å²) < 4.78 is 84.8. The van der Waals surface area contributed by atoms with Gasteiger partial charge in [0.2, 0.25) is 0 Å². The predicted molar refractivity (Wildman–Crippen MR) is 154 cm³/mol. The molecule has 41 heavy (non-hydrogen) atoms. The van der Waals surface area contributed by atoms with E-state index in [1.165, 1.54) is 49.6 Å². The number of alkyl halides is 2. The molecular formula is C29H26Cl2F3NO5S. The summed E-state index contributed by atoms with van der Waals surface area (Å²) in [6.45, 7) is 2.21. The smallest absolute Gasteiger partial charge is 0.387 e. The van der Waals surface area contributed by atoms with Gasteiger partial charge in [0, 0.05) is 24.1 Å². The molecule has 3 aromatic rings. The average molecular weight is 628 g/mol. The van der Waals surface area contributed by atoms with Gasteiger partial charge in [0.25, 0.3) is 10.0 Å². The Kier molecular flexibility index (Phi) is 9.46. The van der Waals surface area contributed by atoms with Crippen LogP contribution in [0.15, 0.2) is 71.8 Å². The lowest BCUT2D eigenvalue weighted by molar-refractivity contribution is -0.0499. The number of rotatable bonds is 10. The molecule has 6 nitrogen and oxygen atoms in total. The van der Waals surface area contributed by atoms with E-state index in [1.54, 1.807) is 19.1 Å². The lowest BCUT2D eigenvalue weighted by Gasteiger charge is -2.36.